The van der Waals surface area contributed by atoms with E-state index in [0.29, 0.717) is 35.0 Å². The van der Waals surface area contributed by atoms with Crippen LogP contribution in [0, 0.1) is 5.92 Å². The third-order valence-electron chi connectivity index (χ3n) is 7.22. The Bertz CT molecular complexity index is 1350. The maximum absolute atomic E-state index is 13.3. The number of carbonyl (C=O) groups excluding carboxylic acids is 3. The number of benzene rings is 1. The van der Waals surface area contributed by atoms with Crippen molar-refractivity contribution in [3.8, 4) is 0 Å². The van der Waals surface area contributed by atoms with Gasteiger partial charge in [-0.1, -0.05) is 11.6 Å². The van der Waals surface area contributed by atoms with E-state index in [1.807, 2.05) is 6.07 Å². The molecule has 0 saturated heterocycles. The fourth-order valence-corrected chi connectivity index (χ4v) is 6.49. The van der Waals surface area contributed by atoms with Crippen molar-refractivity contribution in [2.45, 2.75) is 44.3 Å². The molecule has 1 fully saturated rings. The van der Waals surface area contributed by atoms with Crippen LogP contribution in [0.25, 0.3) is 10.9 Å². The Hall–Kier alpha value is -2.95. The summed E-state index contributed by atoms with van der Waals surface area (Å²) in [6.45, 7) is 1.71. The van der Waals surface area contributed by atoms with Gasteiger partial charge in [-0.3, -0.25) is 14.4 Å². The average molecular weight is 543 g/mol. The van der Waals surface area contributed by atoms with Crippen LogP contribution in [0.15, 0.2) is 24.3 Å². The minimum absolute atomic E-state index is 0.0317. The molecule has 3 heterocycles. The summed E-state index contributed by atoms with van der Waals surface area (Å²) in [5, 5.41) is 8.07. The normalized spacial score (nSPS) is 21.9. The summed E-state index contributed by atoms with van der Waals surface area (Å²) in [5.74, 6) is -0.711. The lowest BCUT2D eigenvalue weighted by Crippen LogP contribution is -2.56. The molecule has 3 aromatic rings. The standard InChI is InChI=1S/C26H31ClN6O3S/c1-32(2)26(36)14-4-6-18(29-23(34)21-12-15-10-16(27)5-7-17(15)28-21)20(11-14)30-24(35)25-31-19-8-9-33(3)13-22(19)37-25/h5,7,10,12,14,18,20,28H,4,6,8-9,11,13H2,1-3H3,(H,29,34)(H,30,35)/t14-,18+,20-/m0/s1. The van der Waals surface area contributed by atoms with Gasteiger partial charge >= 0.3 is 0 Å². The number of thiazole rings is 1. The highest BCUT2D eigenvalue weighted by atomic mass is 35.5. The summed E-state index contributed by atoms with van der Waals surface area (Å²) < 4.78 is 0. The van der Waals surface area contributed by atoms with Gasteiger partial charge in [-0.2, -0.15) is 0 Å². The number of fused-ring (bicyclic) bond motifs is 2. The Kier molecular flexibility index (Phi) is 7.24. The van der Waals surface area contributed by atoms with Gasteiger partial charge in [0.2, 0.25) is 5.91 Å². The Morgan fingerprint density at radius 1 is 1.14 bits per heavy atom. The Morgan fingerprint density at radius 3 is 2.70 bits per heavy atom. The molecule has 3 atom stereocenters. The van der Waals surface area contributed by atoms with Crippen LogP contribution in [0.4, 0.5) is 0 Å². The largest absolute Gasteiger partial charge is 0.351 e. The molecule has 9 nitrogen and oxygen atoms in total. The van der Waals surface area contributed by atoms with E-state index in [1.54, 1.807) is 37.2 Å². The number of H-pyrrole nitrogens is 1. The highest BCUT2D eigenvalue weighted by Gasteiger charge is 2.37. The second-order valence-electron chi connectivity index (χ2n) is 10.2. The number of likely N-dealkylation sites (N-methyl/N-ethyl adjacent to an activating group) is 1. The van der Waals surface area contributed by atoms with Gasteiger partial charge in [0.05, 0.1) is 11.7 Å². The predicted octanol–water partition coefficient (Wildman–Crippen LogP) is 3.05. The number of halogens is 1. The van der Waals surface area contributed by atoms with Crippen molar-refractivity contribution in [2.24, 2.45) is 5.92 Å². The number of hydrogen-bond donors (Lipinski definition) is 3. The first-order chi connectivity index (χ1) is 17.7. The van der Waals surface area contributed by atoms with E-state index in [4.69, 9.17) is 11.6 Å². The lowest BCUT2D eigenvalue weighted by atomic mass is 9.81. The summed E-state index contributed by atoms with van der Waals surface area (Å²) in [4.78, 5) is 51.8. The first-order valence-electron chi connectivity index (χ1n) is 12.5. The van der Waals surface area contributed by atoms with Gasteiger partial charge in [-0.25, -0.2) is 4.98 Å². The highest BCUT2D eigenvalue weighted by Crippen LogP contribution is 2.29. The Balaban J connectivity index is 1.34. The van der Waals surface area contributed by atoms with Gasteiger partial charge in [-0.05, 0) is 50.6 Å². The molecule has 1 aliphatic heterocycles. The van der Waals surface area contributed by atoms with Gasteiger partial charge < -0.3 is 25.4 Å². The van der Waals surface area contributed by atoms with Crippen molar-refractivity contribution in [1.29, 1.82) is 0 Å². The minimum Gasteiger partial charge on any atom is -0.351 e. The number of aromatic amines is 1. The Morgan fingerprint density at radius 2 is 1.92 bits per heavy atom. The molecule has 0 unspecified atom stereocenters. The van der Waals surface area contributed by atoms with Crippen molar-refractivity contribution in [3.05, 3.63) is 50.6 Å². The molecule has 11 heteroatoms. The molecule has 0 bridgehead atoms. The van der Waals surface area contributed by atoms with E-state index in [1.165, 1.54) is 11.3 Å². The maximum Gasteiger partial charge on any atom is 0.280 e. The SMILES string of the molecule is CN1CCc2nc(C(=O)N[C@H]3C[C@@H](C(=O)N(C)C)CC[C@H]3NC(=O)c3cc4cc(Cl)ccc4[nH]3)sc2C1. The molecule has 5 rings (SSSR count). The van der Waals surface area contributed by atoms with Gasteiger partial charge in [0, 0.05) is 66.4 Å². The second-order valence-corrected chi connectivity index (χ2v) is 11.7. The van der Waals surface area contributed by atoms with Crippen molar-refractivity contribution < 1.29 is 14.4 Å². The lowest BCUT2D eigenvalue weighted by molar-refractivity contribution is -0.134. The fourth-order valence-electron chi connectivity index (χ4n) is 5.21. The molecule has 37 heavy (non-hydrogen) atoms. The van der Waals surface area contributed by atoms with Crippen molar-refractivity contribution >= 4 is 51.6 Å². The number of nitrogens with one attached hydrogen (secondary N) is 3. The number of nitrogens with zero attached hydrogens (tertiary/aromatic N) is 3. The third-order valence-corrected chi connectivity index (χ3v) is 8.53. The van der Waals surface area contributed by atoms with Crippen LogP contribution >= 0.6 is 22.9 Å². The summed E-state index contributed by atoms with van der Waals surface area (Å²) in [6, 6.07) is 6.45. The maximum atomic E-state index is 13.3. The van der Waals surface area contributed by atoms with Gasteiger partial charge in [0.15, 0.2) is 5.01 Å². The molecular weight excluding hydrogens is 512 g/mol. The molecule has 1 aliphatic carbocycles. The predicted molar refractivity (Wildman–Crippen MR) is 144 cm³/mol. The molecule has 0 spiro atoms. The first-order valence-corrected chi connectivity index (χ1v) is 13.7. The van der Waals surface area contributed by atoms with Crippen molar-refractivity contribution in [3.63, 3.8) is 0 Å². The number of carbonyl (C=O) groups is 3. The van der Waals surface area contributed by atoms with Crippen LogP contribution in [-0.2, 0) is 17.8 Å². The number of rotatable bonds is 5. The zero-order chi connectivity index (χ0) is 26.3. The average Bonchev–Trinajstić information content (AvgIpc) is 3.48. The zero-order valence-electron chi connectivity index (χ0n) is 21.1. The lowest BCUT2D eigenvalue weighted by Gasteiger charge is -2.37. The third kappa shape index (κ3) is 5.51. The summed E-state index contributed by atoms with van der Waals surface area (Å²) >= 11 is 7.51. The first kappa shape index (κ1) is 25.7. The highest BCUT2D eigenvalue weighted by molar-refractivity contribution is 7.13. The van der Waals surface area contributed by atoms with Crippen molar-refractivity contribution in [1.82, 2.24) is 30.4 Å². The molecule has 196 valence electrons. The molecular formula is C26H31ClN6O3S. The quantitative estimate of drug-likeness (QED) is 0.459. The van der Waals surface area contributed by atoms with Crippen LogP contribution in [0.2, 0.25) is 5.02 Å². The summed E-state index contributed by atoms with van der Waals surface area (Å²) in [7, 11) is 5.54. The van der Waals surface area contributed by atoms with E-state index >= 15 is 0 Å². The fraction of sp³-hybridized carbons (Fsp3) is 0.462. The molecule has 2 aromatic heterocycles. The van der Waals surface area contributed by atoms with E-state index in [2.05, 4.69) is 32.5 Å². The van der Waals surface area contributed by atoms with E-state index in [9.17, 15) is 14.4 Å². The van der Waals surface area contributed by atoms with Crippen LogP contribution in [0.5, 0.6) is 0 Å². The van der Waals surface area contributed by atoms with Crippen LogP contribution < -0.4 is 10.6 Å². The minimum atomic E-state index is -0.401. The van der Waals surface area contributed by atoms with Crippen LogP contribution in [0.1, 0.15) is 50.1 Å². The van der Waals surface area contributed by atoms with E-state index in [0.717, 1.165) is 41.0 Å². The number of aromatic nitrogens is 2. The van der Waals surface area contributed by atoms with Crippen LogP contribution in [-0.4, -0.2) is 77.3 Å². The smallest absolute Gasteiger partial charge is 0.280 e. The van der Waals surface area contributed by atoms with Gasteiger partial charge in [0.25, 0.3) is 11.8 Å². The van der Waals surface area contributed by atoms with E-state index < -0.39 is 6.04 Å². The molecule has 0 radical (unpaired) electrons. The molecule has 2 aliphatic rings. The molecule has 1 aromatic carbocycles. The summed E-state index contributed by atoms with van der Waals surface area (Å²) in [5.41, 5.74) is 2.23. The summed E-state index contributed by atoms with van der Waals surface area (Å²) in [6.07, 6.45) is 2.48. The number of hydrogen-bond acceptors (Lipinski definition) is 6. The monoisotopic (exact) mass is 542 g/mol. The topological polar surface area (TPSA) is 110 Å². The second kappa shape index (κ2) is 10.4. The molecule has 3 N–H and O–H groups in total. The van der Waals surface area contributed by atoms with Crippen molar-refractivity contribution in [2.75, 3.05) is 27.7 Å². The van der Waals surface area contributed by atoms with E-state index in [-0.39, 0.29) is 29.7 Å². The Labute approximate surface area is 224 Å². The molecule has 1 saturated carbocycles. The molecule has 3 amide bonds. The van der Waals surface area contributed by atoms with Gasteiger partial charge in [0.1, 0.15) is 5.69 Å². The van der Waals surface area contributed by atoms with Gasteiger partial charge in [-0.15, -0.1) is 11.3 Å². The van der Waals surface area contributed by atoms with Crippen LogP contribution in [0.3, 0.4) is 0 Å². The zero-order valence-corrected chi connectivity index (χ0v) is 22.7. The number of amides is 3.